The normalized spacial score (nSPS) is 16.3. The maximum Gasteiger partial charge on any atom is 0.191 e. The molecule has 0 amide bonds. The van der Waals surface area contributed by atoms with Crippen LogP contribution in [-0.2, 0) is 5.75 Å². The molecule has 1 saturated heterocycles. The molecule has 2 heterocycles. The van der Waals surface area contributed by atoms with Crippen LogP contribution >= 0.6 is 11.8 Å². The maximum atomic E-state index is 13.9. The molecule has 1 aliphatic heterocycles. The van der Waals surface area contributed by atoms with Gasteiger partial charge in [-0.15, -0.1) is 10.2 Å². The van der Waals surface area contributed by atoms with E-state index in [1.54, 1.807) is 24.2 Å². The van der Waals surface area contributed by atoms with E-state index in [0.29, 0.717) is 11.8 Å². The van der Waals surface area contributed by atoms with Crippen molar-refractivity contribution >= 4 is 11.8 Å². The Kier molecular flexibility index (Phi) is 4.55. The molecule has 1 fully saturated rings. The van der Waals surface area contributed by atoms with Crippen LogP contribution in [0.3, 0.4) is 0 Å². The number of nitrogens with zero attached hydrogens (tertiary/aromatic N) is 3. The van der Waals surface area contributed by atoms with Crippen LogP contribution in [0, 0.1) is 12.7 Å². The molecule has 0 aliphatic carbocycles. The molecule has 0 atom stereocenters. The van der Waals surface area contributed by atoms with Crippen LogP contribution in [0.4, 0.5) is 4.39 Å². The minimum atomic E-state index is -0.143. The van der Waals surface area contributed by atoms with Crippen LogP contribution < -0.4 is 5.32 Å². The van der Waals surface area contributed by atoms with E-state index in [2.05, 4.69) is 20.1 Å². The predicted molar refractivity (Wildman–Crippen MR) is 81.9 cm³/mol. The fourth-order valence-electron chi connectivity index (χ4n) is 2.66. The maximum absolute atomic E-state index is 13.9. The number of thioether (sulfide) groups is 1. The summed E-state index contributed by atoms with van der Waals surface area (Å²) in [4.78, 5) is 0. The van der Waals surface area contributed by atoms with E-state index in [0.717, 1.165) is 42.2 Å². The van der Waals surface area contributed by atoms with Gasteiger partial charge in [-0.3, -0.25) is 0 Å². The van der Waals surface area contributed by atoms with Crippen molar-refractivity contribution < 1.29 is 4.39 Å². The highest BCUT2D eigenvalue weighted by molar-refractivity contribution is 7.98. The van der Waals surface area contributed by atoms with Gasteiger partial charge in [-0.1, -0.05) is 23.9 Å². The molecule has 0 spiro atoms. The summed E-state index contributed by atoms with van der Waals surface area (Å²) >= 11 is 1.56. The Morgan fingerprint density at radius 1 is 1.38 bits per heavy atom. The van der Waals surface area contributed by atoms with E-state index < -0.39 is 0 Å². The molecule has 0 radical (unpaired) electrons. The van der Waals surface area contributed by atoms with Gasteiger partial charge in [0, 0.05) is 17.4 Å². The highest BCUT2D eigenvalue weighted by Crippen LogP contribution is 2.28. The number of halogens is 1. The van der Waals surface area contributed by atoms with Crippen molar-refractivity contribution in [2.75, 3.05) is 13.1 Å². The molecule has 0 unspecified atom stereocenters. The number of aryl methyl sites for hydroxylation is 1. The summed E-state index contributed by atoms with van der Waals surface area (Å²) in [6.45, 7) is 4.00. The average molecular weight is 306 g/mol. The van der Waals surface area contributed by atoms with E-state index in [-0.39, 0.29) is 5.82 Å². The lowest BCUT2D eigenvalue weighted by Crippen LogP contribution is -2.29. The minimum absolute atomic E-state index is 0.143. The summed E-state index contributed by atoms with van der Waals surface area (Å²) in [5.41, 5.74) is 1.73. The topological polar surface area (TPSA) is 42.7 Å². The molecule has 112 valence electrons. The summed E-state index contributed by atoms with van der Waals surface area (Å²) in [7, 11) is 0. The Hall–Kier alpha value is -1.40. The quantitative estimate of drug-likeness (QED) is 0.882. The average Bonchev–Trinajstić information content (AvgIpc) is 2.96. The second kappa shape index (κ2) is 6.58. The van der Waals surface area contributed by atoms with Crippen LogP contribution in [0.5, 0.6) is 0 Å². The summed E-state index contributed by atoms with van der Waals surface area (Å²) in [6.07, 6.45) is 3.97. The van der Waals surface area contributed by atoms with Crippen molar-refractivity contribution in [2.45, 2.75) is 36.7 Å². The van der Waals surface area contributed by atoms with Gasteiger partial charge in [0.25, 0.3) is 0 Å². The number of hydrogen-bond donors (Lipinski definition) is 1. The number of aromatic nitrogens is 3. The van der Waals surface area contributed by atoms with Crippen LogP contribution in [0.15, 0.2) is 29.7 Å². The van der Waals surface area contributed by atoms with E-state index in [9.17, 15) is 4.39 Å². The largest absolute Gasteiger partial charge is 0.317 e. The monoisotopic (exact) mass is 306 g/mol. The zero-order valence-corrected chi connectivity index (χ0v) is 12.9. The second-order valence-electron chi connectivity index (χ2n) is 5.33. The summed E-state index contributed by atoms with van der Waals surface area (Å²) in [5, 5.41) is 12.5. The van der Waals surface area contributed by atoms with E-state index in [1.165, 1.54) is 6.07 Å². The van der Waals surface area contributed by atoms with Gasteiger partial charge < -0.3 is 9.88 Å². The third kappa shape index (κ3) is 3.27. The third-order valence-corrected chi connectivity index (χ3v) is 4.92. The standard InChI is InChI=1S/C15H19FN4S/c1-11-3-2-4-14(16)13(11)9-21-15-19-18-10-20(15)12-5-7-17-8-6-12/h2-4,10,12,17H,5-9H2,1H3. The number of rotatable bonds is 4. The molecule has 2 aromatic rings. The first-order chi connectivity index (χ1) is 10.3. The lowest BCUT2D eigenvalue weighted by atomic mass is 10.1. The zero-order chi connectivity index (χ0) is 14.7. The Morgan fingerprint density at radius 3 is 2.95 bits per heavy atom. The first-order valence-electron chi connectivity index (χ1n) is 7.22. The van der Waals surface area contributed by atoms with Crippen LogP contribution in [0.1, 0.15) is 30.0 Å². The Labute approximate surface area is 128 Å². The van der Waals surface area contributed by atoms with E-state index in [4.69, 9.17) is 0 Å². The van der Waals surface area contributed by atoms with Gasteiger partial charge in [-0.2, -0.15) is 0 Å². The highest BCUT2D eigenvalue weighted by atomic mass is 32.2. The van der Waals surface area contributed by atoms with Crippen molar-refractivity contribution in [3.05, 3.63) is 41.5 Å². The number of benzene rings is 1. The van der Waals surface area contributed by atoms with Gasteiger partial charge in [-0.05, 0) is 44.5 Å². The molecule has 4 nitrogen and oxygen atoms in total. The molecule has 6 heteroatoms. The predicted octanol–water partition coefficient (Wildman–Crippen LogP) is 2.94. The molecule has 1 N–H and O–H groups in total. The molecule has 1 aromatic heterocycles. The Bertz CT molecular complexity index is 587. The van der Waals surface area contributed by atoms with Crippen LogP contribution in [-0.4, -0.2) is 27.9 Å². The van der Waals surface area contributed by atoms with Crippen molar-refractivity contribution in [3.63, 3.8) is 0 Å². The van der Waals surface area contributed by atoms with Crippen LogP contribution in [0.2, 0.25) is 0 Å². The molecule has 3 rings (SSSR count). The lowest BCUT2D eigenvalue weighted by Gasteiger charge is -2.24. The fraction of sp³-hybridized carbons (Fsp3) is 0.467. The van der Waals surface area contributed by atoms with Gasteiger partial charge in [0.2, 0.25) is 0 Å². The van der Waals surface area contributed by atoms with Gasteiger partial charge in [0.05, 0.1) is 0 Å². The van der Waals surface area contributed by atoms with Gasteiger partial charge >= 0.3 is 0 Å². The fourth-order valence-corrected chi connectivity index (χ4v) is 3.75. The Morgan fingerprint density at radius 2 is 2.19 bits per heavy atom. The summed E-state index contributed by atoms with van der Waals surface area (Å²) in [5.74, 6) is 0.442. The SMILES string of the molecule is Cc1cccc(F)c1CSc1nncn1C1CCNCC1. The van der Waals surface area contributed by atoms with Crippen molar-refractivity contribution in [2.24, 2.45) is 0 Å². The number of hydrogen-bond acceptors (Lipinski definition) is 4. The Balaban J connectivity index is 1.72. The van der Waals surface area contributed by atoms with E-state index >= 15 is 0 Å². The number of nitrogens with one attached hydrogen (secondary N) is 1. The summed E-state index contributed by atoms with van der Waals surface area (Å²) < 4.78 is 16.0. The molecule has 0 bridgehead atoms. The smallest absolute Gasteiger partial charge is 0.191 e. The highest BCUT2D eigenvalue weighted by Gasteiger charge is 2.19. The molecule has 1 aromatic carbocycles. The first kappa shape index (κ1) is 14.5. The van der Waals surface area contributed by atoms with Crippen molar-refractivity contribution in [3.8, 4) is 0 Å². The number of piperidine rings is 1. The van der Waals surface area contributed by atoms with Crippen molar-refractivity contribution in [1.29, 1.82) is 0 Å². The molecular weight excluding hydrogens is 287 g/mol. The van der Waals surface area contributed by atoms with E-state index in [1.807, 2.05) is 13.0 Å². The van der Waals surface area contributed by atoms with Gasteiger partial charge in [0.15, 0.2) is 5.16 Å². The van der Waals surface area contributed by atoms with Gasteiger partial charge in [0.1, 0.15) is 12.1 Å². The lowest BCUT2D eigenvalue weighted by molar-refractivity contribution is 0.350. The zero-order valence-electron chi connectivity index (χ0n) is 12.1. The second-order valence-corrected chi connectivity index (χ2v) is 6.27. The molecular formula is C15H19FN4S. The van der Waals surface area contributed by atoms with Gasteiger partial charge in [-0.25, -0.2) is 4.39 Å². The molecule has 1 aliphatic rings. The minimum Gasteiger partial charge on any atom is -0.317 e. The third-order valence-electron chi connectivity index (χ3n) is 3.94. The summed E-state index contributed by atoms with van der Waals surface area (Å²) in [6, 6.07) is 5.65. The van der Waals surface area contributed by atoms with Crippen LogP contribution in [0.25, 0.3) is 0 Å². The first-order valence-corrected chi connectivity index (χ1v) is 8.21. The molecule has 0 saturated carbocycles. The molecule has 21 heavy (non-hydrogen) atoms. The van der Waals surface area contributed by atoms with Crippen molar-refractivity contribution in [1.82, 2.24) is 20.1 Å².